The van der Waals surface area contributed by atoms with Crippen molar-refractivity contribution in [2.24, 2.45) is 0 Å². The largest absolute Gasteiger partial charge is 0.384 e. The minimum absolute atomic E-state index is 0.0575. The summed E-state index contributed by atoms with van der Waals surface area (Å²) < 4.78 is 56.0. The number of hydrogen-bond acceptors (Lipinski definition) is 4. The highest BCUT2D eigenvalue weighted by Crippen LogP contribution is 2.32. The van der Waals surface area contributed by atoms with Gasteiger partial charge in [-0.15, -0.1) is 0 Å². The van der Waals surface area contributed by atoms with Crippen molar-refractivity contribution in [1.82, 2.24) is 4.90 Å². The fourth-order valence-electron chi connectivity index (χ4n) is 3.79. The third kappa shape index (κ3) is 4.84. The van der Waals surface area contributed by atoms with E-state index >= 15 is 0 Å². The van der Waals surface area contributed by atoms with Gasteiger partial charge in [-0.1, -0.05) is 13.0 Å². The molecule has 34 heavy (non-hydrogen) atoms. The van der Waals surface area contributed by atoms with Gasteiger partial charge in [-0.3, -0.25) is 4.79 Å². The van der Waals surface area contributed by atoms with Gasteiger partial charge in [0.2, 0.25) is 0 Å². The van der Waals surface area contributed by atoms with Crippen LogP contribution in [-0.4, -0.2) is 41.1 Å². The summed E-state index contributed by atoms with van der Waals surface area (Å²) in [5.41, 5.74) is -0.687. The maximum absolute atomic E-state index is 14.6. The first-order chi connectivity index (χ1) is 16.2. The summed E-state index contributed by atoms with van der Waals surface area (Å²) in [4.78, 5) is 14.3. The molecular weight excluding hydrogens is 450 g/mol. The maximum Gasteiger partial charge on any atom is 0.256 e. The van der Waals surface area contributed by atoms with Crippen LogP contribution in [0.25, 0.3) is 0 Å². The lowest BCUT2D eigenvalue weighted by molar-refractivity contribution is -0.0706. The molecule has 1 aliphatic heterocycles. The number of amides is 1. The molecule has 1 heterocycles. The van der Waals surface area contributed by atoms with E-state index in [1.54, 1.807) is 6.07 Å². The molecule has 1 fully saturated rings. The topological polar surface area (TPSA) is 64.6 Å². The molecule has 3 N–H and O–H groups in total. The Kier molecular flexibility index (Phi) is 6.47. The highest BCUT2D eigenvalue weighted by Gasteiger charge is 2.44. The van der Waals surface area contributed by atoms with Crippen molar-refractivity contribution in [1.29, 1.82) is 0 Å². The molecule has 1 aliphatic rings. The summed E-state index contributed by atoms with van der Waals surface area (Å²) in [6, 6.07) is 11.9. The molecule has 4 rings (SSSR count). The standard InChI is InChI=1S/C25H23F4N3O2/c1-2-15-3-10-21(20(28)11-15)31-23-18(8-9-19(27)22(23)29)24(33)32-13-25(34,14-32)12-30-17-6-4-16(26)5-7-17/h3-11,30-31,34H,2,12-14H2,1H3. The first-order valence-corrected chi connectivity index (χ1v) is 10.7. The summed E-state index contributed by atoms with van der Waals surface area (Å²) in [5, 5.41) is 16.1. The Morgan fingerprint density at radius 3 is 2.35 bits per heavy atom. The van der Waals surface area contributed by atoms with Crippen LogP contribution in [0.5, 0.6) is 0 Å². The smallest absolute Gasteiger partial charge is 0.256 e. The van der Waals surface area contributed by atoms with E-state index in [1.807, 2.05) is 6.92 Å². The fraction of sp³-hybridized carbons (Fsp3) is 0.240. The summed E-state index contributed by atoms with van der Waals surface area (Å²) in [6.07, 6.45) is 0.600. The van der Waals surface area contributed by atoms with Gasteiger partial charge in [-0.05, 0) is 60.5 Å². The molecule has 3 aromatic rings. The van der Waals surface area contributed by atoms with Crippen LogP contribution in [0.3, 0.4) is 0 Å². The molecule has 0 saturated carbocycles. The molecule has 0 unspecified atom stereocenters. The number of halogens is 4. The van der Waals surface area contributed by atoms with Crippen molar-refractivity contribution in [3.8, 4) is 0 Å². The van der Waals surface area contributed by atoms with Crippen molar-refractivity contribution < 1.29 is 27.5 Å². The molecular formula is C25H23F4N3O2. The number of nitrogens with one attached hydrogen (secondary N) is 2. The Hall–Kier alpha value is -3.59. The second kappa shape index (κ2) is 9.34. The molecule has 0 aromatic heterocycles. The van der Waals surface area contributed by atoms with Gasteiger partial charge in [0, 0.05) is 12.2 Å². The quantitative estimate of drug-likeness (QED) is 0.430. The van der Waals surface area contributed by atoms with Gasteiger partial charge in [0.15, 0.2) is 11.6 Å². The van der Waals surface area contributed by atoms with Crippen LogP contribution in [-0.2, 0) is 6.42 Å². The highest BCUT2D eigenvalue weighted by molar-refractivity contribution is 6.01. The van der Waals surface area contributed by atoms with Crippen molar-refractivity contribution >= 4 is 23.0 Å². The molecule has 5 nitrogen and oxygen atoms in total. The molecule has 1 amide bonds. The Balaban J connectivity index is 1.48. The molecule has 178 valence electrons. The van der Waals surface area contributed by atoms with E-state index in [-0.39, 0.29) is 36.7 Å². The lowest BCUT2D eigenvalue weighted by atomic mass is 9.92. The van der Waals surface area contributed by atoms with Crippen LogP contribution in [0.1, 0.15) is 22.8 Å². The van der Waals surface area contributed by atoms with Crippen LogP contribution in [0.15, 0.2) is 54.6 Å². The molecule has 9 heteroatoms. The molecule has 0 aliphatic carbocycles. The van der Waals surface area contributed by atoms with E-state index in [0.29, 0.717) is 12.1 Å². The van der Waals surface area contributed by atoms with Crippen molar-refractivity contribution in [3.63, 3.8) is 0 Å². The van der Waals surface area contributed by atoms with Crippen LogP contribution in [0.4, 0.5) is 34.6 Å². The zero-order valence-electron chi connectivity index (χ0n) is 18.3. The molecule has 0 spiro atoms. The van der Waals surface area contributed by atoms with Crippen LogP contribution >= 0.6 is 0 Å². The van der Waals surface area contributed by atoms with E-state index in [0.717, 1.165) is 17.7 Å². The first kappa shape index (κ1) is 23.6. The van der Waals surface area contributed by atoms with E-state index in [2.05, 4.69) is 10.6 Å². The second-order valence-electron chi connectivity index (χ2n) is 8.32. The molecule has 3 aromatic carbocycles. The number of carbonyl (C=O) groups is 1. The Bertz CT molecular complexity index is 1210. The number of aliphatic hydroxyl groups is 1. The van der Waals surface area contributed by atoms with E-state index in [1.165, 1.54) is 41.3 Å². The third-order valence-corrected chi connectivity index (χ3v) is 5.75. The van der Waals surface area contributed by atoms with Crippen molar-refractivity contribution in [3.05, 3.63) is 89.0 Å². The molecule has 0 bridgehead atoms. The van der Waals surface area contributed by atoms with Gasteiger partial charge in [-0.2, -0.15) is 0 Å². The van der Waals surface area contributed by atoms with Crippen molar-refractivity contribution in [2.75, 3.05) is 30.3 Å². The fourth-order valence-corrected chi connectivity index (χ4v) is 3.79. The summed E-state index contributed by atoms with van der Waals surface area (Å²) in [7, 11) is 0. The predicted molar refractivity (Wildman–Crippen MR) is 121 cm³/mol. The summed E-state index contributed by atoms with van der Waals surface area (Å²) in [5.74, 6) is -4.18. The van der Waals surface area contributed by atoms with Crippen molar-refractivity contribution in [2.45, 2.75) is 18.9 Å². The number of nitrogens with zero attached hydrogens (tertiary/aromatic N) is 1. The average molecular weight is 473 g/mol. The zero-order valence-corrected chi connectivity index (χ0v) is 18.3. The number of carbonyl (C=O) groups excluding carboxylic acids is 1. The average Bonchev–Trinajstić information content (AvgIpc) is 2.80. The number of aryl methyl sites for hydroxylation is 1. The van der Waals surface area contributed by atoms with Gasteiger partial charge in [0.05, 0.1) is 30.0 Å². The molecule has 1 saturated heterocycles. The second-order valence-corrected chi connectivity index (χ2v) is 8.32. The number of hydrogen-bond donors (Lipinski definition) is 3. The summed E-state index contributed by atoms with van der Waals surface area (Å²) in [6.45, 7) is 1.84. The monoisotopic (exact) mass is 473 g/mol. The number of benzene rings is 3. The number of likely N-dealkylation sites (tertiary alicyclic amines) is 1. The van der Waals surface area contributed by atoms with Gasteiger partial charge >= 0.3 is 0 Å². The van der Waals surface area contributed by atoms with E-state index < -0.39 is 34.6 Å². The number of rotatable bonds is 7. The number of anilines is 3. The highest BCUT2D eigenvalue weighted by atomic mass is 19.2. The molecule has 0 radical (unpaired) electrons. The van der Waals surface area contributed by atoms with Gasteiger partial charge in [-0.25, -0.2) is 17.6 Å². The Morgan fingerprint density at radius 1 is 1.00 bits per heavy atom. The summed E-state index contributed by atoms with van der Waals surface area (Å²) >= 11 is 0. The van der Waals surface area contributed by atoms with E-state index in [4.69, 9.17) is 0 Å². The van der Waals surface area contributed by atoms with Crippen LogP contribution in [0, 0.1) is 23.3 Å². The van der Waals surface area contributed by atoms with Gasteiger partial charge in [0.1, 0.15) is 17.2 Å². The van der Waals surface area contributed by atoms with Crippen LogP contribution in [0.2, 0.25) is 0 Å². The predicted octanol–water partition coefficient (Wildman–Crippen LogP) is 4.85. The Morgan fingerprint density at radius 2 is 1.71 bits per heavy atom. The zero-order chi connectivity index (χ0) is 24.5. The van der Waals surface area contributed by atoms with E-state index in [9.17, 15) is 27.5 Å². The minimum Gasteiger partial charge on any atom is -0.384 e. The Labute approximate surface area is 194 Å². The van der Waals surface area contributed by atoms with Gasteiger partial charge in [0.25, 0.3) is 5.91 Å². The number of β-amino-alcohol motifs (C(OH)–C–C–N with tert-alkyl or cyclic N) is 1. The maximum atomic E-state index is 14.6. The van der Waals surface area contributed by atoms with Crippen LogP contribution < -0.4 is 10.6 Å². The normalized spacial score (nSPS) is 14.5. The lowest BCUT2D eigenvalue weighted by Gasteiger charge is -2.46. The lowest BCUT2D eigenvalue weighted by Crippen LogP contribution is -2.66. The van der Waals surface area contributed by atoms with Gasteiger partial charge < -0.3 is 20.6 Å². The SMILES string of the molecule is CCc1ccc(Nc2c(C(=O)N3CC(O)(CNc4ccc(F)cc4)C3)ccc(F)c2F)c(F)c1. The molecule has 0 atom stereocenters. The first-order valence-electron chi connectivity index (χ1n) is 10.7. The minimum atomic E-state index is -1.31. The third-order valence-electron chi connectivity index (χ3n) is 5.75.